The van der Waals surface area contributed by atoms with E-state index in [0.717, 1.165) is 40.4 Å². The predicted octanol–water partition coefficient (Wildman–Crippen LogP) is 4.91. The smallest absolute Gasteiger partial charge is 0.272 e. The Labute approximate surface area is 198 Å². The van der Waals surface area contributed by atoms with Crippen molar-refractivity contribution in [1.29, 1.82) is 5.26 Å². The molecule has 1 N–H and O–H groups in total. The van der Waals surface area contributed by atoms with E-state index in [2.05, 4.69) is 23.2 Å². The van der Waals surface area contributed by atoms with Crippen LogP contribution in [0, 0.1) is 17.1 Å². The lowest BCUT2D eigenvalue weighted by atomic mass is 9.79. The summed E-state index contributed by atoms with van der Waals surface area (Å²) in [7, 11) is 0. The van der Waals surface area contributed by atoms with Gasteiger partial charge < -0.3 is 10.0 Å². The van der Waals surface area contributed by atoms with Crippen LogP contribution in [0.25, 0.3) is 11.1 Å². The van der Waals surface area contributed by atoms with Gasteiger partial charge in [0.15, 0.2) is 0 Å². The quantitative estimate of drug-likeness (QED) is 0.609. The number of pyridine rings is 1. The second-order valence-corrected chi connectivity index (χ2v) is 9.92. The number of hydrogen-bond acceptors (Lipinski definition) is 4. The Bertz CT molecular complexity index is 1310. The normalized spacial score (nSPS) is 21.5. The lowest BCUT2D eigenvalue weighted by molar-refractivity contribution is 0.0770. The first-order valence-electron chi connectivity index (χ1n) is 11.5. The highest BCUT2D eigenvalue weighted by molar-refractivity contribution is 5.92. The molecule has 1 spiro atoms. The summed E-state index contributed by atoms with van der Waals surface area (Å²) >= 11 is 0. The fraction of sp³-hybridized carbons (Fsp3) is 0.321. The van der Waals surface area contributed by atoms with Crippen molar-refractivity contribution in [2.75, 3.05) is 13.1 Å². The van der Waals surface area contributed by atoms with Gasteiger partial charge in [0.2, 0.25) is 0 Å². The maximum atomic E-state index is 13.2. The molecule has 2 aromatic carbocycles. The van der Waals surface area contributed by atoms with Crippen LogP contribution in [-0.2, 0) is 10.8 Å². The Kier molecular flexibility index (Phi) is 5.26. The Morgan fingerprint density at radius 3 is 2.76 bits per heavy atom. The average Bonchev–Trinajstić information content (AvgIpc) is 3.39. The van der Waals surface area contributed by atoms with E-state index < -0.39 is 17.3 Å². The molecule has 1 aliphatic heterocycles. The standard InChI is InChI=1S/C28H26FN3O2/c1-27(2,16-30)22-6-4-3-5-20(22)18-7-9-23-21(13-18)25(33)14-28(23)11-12-32(17-28)26(34)24-10-8-19(29)15-31-24/h3-10,13,15,25,33H,11-12,14,17H2,1-2H3. The Balaban J connectivity index is 1.47. The number of nitriles is 1. The molecule has 0 bridgehead atoms. The van der Waals surface area contributed by atoms with Crippen LogP contribution in [0.2, 0.25) is 0 Å². The lowest BCUT2D eigenvalue weighted by Gasteiger charge is -2.26. The monoisotopic (exact) mass is 455 g/mol. The van der Waals surface area contributed by atoms with Crippen LogP contribution < -0.4 is 0 Å². The number of benzene rings is 2. The molecule has 1 fully saturated rings. The molecule has 2 unspecified atom stereocenters. The maximum Gasteiger partial charge on any atom is 0.272 e. The molecule has 34 heavy (non-hydrogen) atoms. The SMILES string of the molecule is CC(C)(C#N)c1ccccc1-c1ccc2c(c1)C(O)CC21CCN(C(=O)c2ccc(F)cn2)C1. The summed E-state index contributed by atoms with van der Waals surface area (Å²) in [4.78, 5) is 18.6. The minimum atomic E-state index is -0.643. The van der Waals surface area contributed by atoms with Crippen LogP contribution in [0.1, 0.15) is 60.0 Å². The van der Waals surface area contributed by atoms with Gasteiger partial charge in [-0.3, -0.25) is 4.79 Å². The highest BCUT2D eigenvalue weighted by Gasteiger charge is 2.48. The molecule has 2 heterocycles. The van der Waals surface area contributed by atoms with Gasteiger partial charge in [-0.15, -0.1) is 0 Å². The van der Waals surface area contributed by atoms with E-state index in [1.807, 2.05) is 44.2 Å². The zero-order valence-corrected chi connectivity index (χ0v) is 19.3. The zero-order chi connectivity index (χ0) is 24.1. The van der Waals surface area contributed by atoms with Crippen LogP contribution in [0.15, 0.2) is 60.8 Å². The summed E-state index contributed by atoms with van der Waals surface area (Å²) in [5, 5.41) is 20.7. The topological polar surface area (TPSA) is 77.2 Å². The van der Waals surface area contributed by atoms with Crippen molar-refractivity contribution in [3.8, 4) is 17.2 Å². The maximum absolute atomic E-state index is 13.2. The third-order valence-electron chi connectivity index (χ3n) is 7.34. The Morgan fingerprint density at radius 2 is 2.03 bits per heavy atom. The number of aliphatic hydroxyl groups excluding tert-OH is 1. The molecule has 0 radical (unpaired) electrons. The van der Waals surface area contributed by atoms with E-state index in [1.54, 1.807) is 4.90 Å². The van der Waals surface area contributed by atoms with Gasteiger partial charge in [0, 0.05) is 18.5 Å². The molecule has 5 rings (SSSR count). The van der Waals surface area contributed by atoms with Gasteiger partial charge >= 0.3 is 0 Å². The minimum Gasteiger partial charge on any atom is -0.388 e. The molecule has 1 amide bonds. The van der Waals surface area contributed by atoms with E-state index in [-0.39, 0.29) is 17.0 Å². The molecule has 1 aliphatic carbocycles. The van der Waals surface area contributed by atoms with E-state index in [1.165, 1.54) is 12.1 Å². The van der Waals surface area contributed by atoms with Gasteiger partial charge in [-0.05, 0) is 72.7 Å². The molecule has 1 aromatic heterocycles. The third kappa shape index (κ3) is 3.57. The van der Waals surface area contributed by atoms with Crippen molar-refractivity contribution in [2.24, 2.45) is 0 Å². The number of fused-ring (bicyclic) bond motifs is 2. The van der Waals surface area contributed by atoms with E-state index in [4.69, 9.17) is 0 Å². The number of likely N-dealkylation sites (tertiary alicyclic amines) is 1. The molecule has 0 saturated carbocycles. The molecule has 1 saturated heterocycles. The number of carbonyl (C=O) groups excluding carboxylic acids is 1. The lowest BCUT2D eigenvalue weighted by Crippen LogP contribution is -2.33. The first-order valence-corrected chi connectivity index (χ1v) is 11.5. The summed E-state index contributed by atoms with van der Waals surface area (Å²) in [6.45, 7) is 4.86. The number of carbonyl (C=O) groups is 1. The largest absolute Gasteiger partial charge is 0.388 e. The highest BCUT2D eigenvalue weighted by atomic mass is 19.1. The first kappa shape index (κ1) is 22.2. The number of rotatable bonds is 3. The molecule has 172 valence electrons. The van der Waals surface area contributed by atoms with E-state index in [0.29, 0.717) is 19.5 Å². The summed E-state index contributed by atoms with van der Waals surface area (Å²) in [6.07, 6.45) is 1.74. The van der Waals surface area contributed by atoms with Gasteiger partial charge in [-0.2, -0.15) is 5.26 Å². The van der Waals surface area contributed by atoms with Crippen LogP contribution in [0.5, 0.6) is 0 Å². The third-order valence-corrected chi connectivity index (χ3v) is 7.34. The molecular weight excluding hydrogens is 429 g/mol. The molecular formula is C28H26FN3O2. The van der Waals surface area contributed by atoms with Crippen molar-refractivity contribution in [3.05, 3.63) is 89.0 Å². The van der Waals surface area contributed by atoms with Gasteiger partial charge in [-0.1, -0.05) is 36.4 Å². The van der Waals surface area contributed by atoms with Crippen LogP contribution >= 0.6 is 0 Å². The number of hydrogen-bond donors (Lipinski definition) is 1. The summed E-state index contributed by atoms with van der Waals surface area (Å²) < 4.78 is 13.2. The van der Waals surface area contributed by atoms with Crippen molar-refractivity contribution >= 4 is 5.91 Å². The number of amides is 1. The zero-order valence-electron chi connectivity index (χ0n) is 19.3. The molecule has 5 nitrogen and oxygen atoms in total. The molecule has 2 atom stereocenters. The van der Waals surface area contributed by atoms with E-state index >= 15 is 0 Å². The summed E-state index contributed by atoms with van der Waals surface area (Å²) in [5.41, 5.74) is 4.13. The molecule has 6 heteroatoms. The molecule has 3 aromatic rings. The van der Waals surface area contributed by atoms with Crippen molar-refractivity contribution in [3.63, 3.8) is 0 Å². The van der Waals surface area contributed by atoms with Crippen molar-refractivity contribution in [2.45, 2.75) is 43.6 Å². The van der Waals surface area contributed by atoms with E-state index in [9.17, 15) is 19.6 Å². The van der Waals surface area contributed by atoms with Gasteiger partial charge in [0.25, 0.3) is 5.91 Å². The van der Waals surface area contributed by atoms with Crippen molar-refractivity contribution < 1.29 is 14.3 Å². The number of halogens is 1. The Hall–Kier alpha value is -3.56. The van der Waals surface area contributed by atoms with Crippen molar-refractivity contribution in [1.82, 2.24) is 9.88 Å². The minimum absolute atomic E-state index is 0.218. The van der Waals surface area contributed by atoms with Crippen LogP contribution in [-0.4, -0.2) is 34.0 Å². The second kappa shape index (κ2) is 8.03. The average molecular weight is 456 g/mol. The molecule has 2 aliphatic rings. The number of nitrogens with zero attached hydrogens (tertiary/aromatic N) is 3. The number of aliphatic hydroxyl groups is 1. The Morgan fingerprint density at radius 1 is 1.24 bits per heavy atom. The highest BCUT2D eigenvalue weighted by Crippen LogP contribution is 2.51. The van der Waals surface area contributed by atoms with Crippen LogP contribution in [0.4, 0.5) is 4.39 Å². The fourth-order valence-corrected chi connectivity index (χ4v) is 5.52. The van der Waals surface area contributed by atoms with Gasteiger partial charge in [0.05, 0.1) is 23.8 Å². The number of aromatic nitrogens is 1. The second-order valence-electron chi connectivity index (χ2n) is 9.92. The van der Waals surface area contributed by atoms with Gasteiger partial charge in [-0.25, -0.2) is 9.37 Å². The van der Waals surface area contributed by atoms with Gasteiger partial charge in [0.1, 0.15) is 11.5 Å². The predicted molar refractivity (Wildman–Crippen MR) is 126 cm³/mol. The summed E-state index contributed by atoms with van der Waals surface area (Å²) in [6, 6.07) is 19.1. The fourth-order valence-electron chi connectivity index (χ4n) is 5.52. The first-order chi connectivity index (χ1) is 16.2. The van der Waals surface area contributed by atoms with Crippen LogP contribution in [0.3, 0.4) is 0 Å². The summed E-state index contributed by atoms with van der Waals surface area (Å²) in [5.74, 6) is -0.693.